The molecule has 0 fully saturated rings. The number of rotatable bonds is 9. The average Bonchev–Trinajstić information content (AvgIpc) is 4.02. The summed E-state index contributed by atoms with van der Waals surface area (Å²) in [6, 6.07) is 80.9. The van der Waals surface area contributed by atoms with Crippen LogP contribution < -0.4 is 35.7 Å². The number of pyridine rings is 1. The normalized spacial score (nSPS) is 12.8. The molecule has 0 bridgehead atoms. The van der Waals surface area contributed by atoms with E-state index in [1.807, 2.05) is 30.5 Å². The van der Waals surface area contributed by atoms with Crippen LogP contribution in [0.1, 0.15) is 26.3 Å². The standard InChI is InChI=1S/C64H47N4OSi.Pt/c1-64(2,3)44-36-37-65-60(38-44)68-54-32-19-35-58-61(54)62-55(68)40-47(41-59(62)70(58)56-33-15-11-26-50(56)51-27-12-16-34-57(51)70)69-46-25-17-24-45(39-46)66-52-30-13-14-31-53(52)67(4)63-48(42-20-7-5-8-21-42)28-18-29-49(63)43-22-9-6-10-23-43;/h5-38,41,66H,4H2,1-3H3;/q-3;. The third-order valence-electron chi connectivity index (χ3n) is 14.3. The summed E-state index contributed by atoms with van der Waals surface area (Å²) in [4.78, 5) is 7.09. The smallest absolute Gasteiger partial charge is 0.157 e. The Labute approximate surface area is 430 Å². The van der Waals surface area contributed by atoms with Crippen LogP contribution in [0.4, 0.5) is 22.7 Å². The molecule has 0 aliphatic carbocycles. The minimum atomic E-state index is -2.80. The van der Waals surface area contributed by atoms with E-state index in [1.165, 1.54) is 48.2 Å². The quantitative estimate of drug-likeness (QED) is 0.116. The van der Waals surface area contributed by atoms with Gasteiger partial charge in [0.25, 0.3) is 0 Å². The molecule has 7 heteroatoms. The van der Waals surface area contributed by atoms with Gasteiger partial charge in [-0.2, -0.15) is 6.07 Å². The molecule has 0 saturated carbocycles. The molecule has 0 amide bonds. The van der Waals surface area contributed by atoms with E-state index in [1.54, 1.807) is 0 Å². The zero-order valence-corrected chi connectivity index (χ0v) is 42.8. The summed E-state index contributed by atoms with van der Waals surface area (Å²) < 4.78 is 9.33. The van der Waals surface area contributed by atoms with E-state index in [0.717, 1.165) is 61.9 Å². The average molecular weight is 1110 g/mol. The number of hydrogen-bond donors (Lipinski definition) is 1. The molecule has 13 rings (SSSR count). The van der Waals surface area contributed by atoms with E-state index in [2.05, 4.69) is 230 Å². The second-order valence-electron chi connectivity index (χ2n) is 19.3. The molecule has 71 heavy (non-hydrogen) atoms. The summed E-state index contributed by atoms with van der Waals surface area (Å²) in [7, 11) is 1.93. The summed E-state index contributed by atoms with van der Waals surface area (Å²) in [5.74, 6) is 2.08. The van der Waals surface area contributed by atoms with E-state index >= 15 is 0 Å². The first-order valence-electron chi connectivity index (χ1n) is 23.9. The summed E-state index contributed by atoms with van der Waals surface area (Å²) >= 11 is 0. The zero-order chi connectivity index (χ0) is 47.1. The van der Waals surface area contributed by atoms with Crippen LogP contribution in [0.3, 0.4) is 0 Å². The molecule has 2 aromatic heterocycles. The molecule has 0 saturated heterocycles. The molecule has 4 heterocycles. The van der Waals surface area contributed by atoms with Gasteiger partial charge in [-0.05, 0) is 84.5 Å². The fourth-order valence-corrected chi connectivity index (χ4v) is 16.9. The molecule has 0 radical (unpaired) electrons. The van der Waals surface area contributed by atoms with Crippen LogP contribution in [-0.2, 0) is 26.5 Å². The Kier molecular flexibility index (Phi) is 10.8. The Bertz CT molecular complexity index is 3760. The number of ether oxygens (including phenoxy) is 1. The van der Waals surface area contributed by atoms with Crippen LogP contribution in [0.2, 0.25) is 0 Å². The first-order chi connectivity index (χ1) is 34.3. The van der Waals surface area contributed by atoms with Crippen molar-refractivity contribution >= 4 is 73.4 Å². The Morgan fingerprint density at radius 1 is 0.563 bits per heavy atom. The number of nitrogens with one attached hydrogen (secondary N) is 1. The van der Waals surface area contributed by atoms with Crippen LogP contribution in [0.15, 0.2) is 212 Å². The molecule has 5 nitrogen and oxygen atoms in total. The summed E-state index contributed by atoms with van der Waals surface area (Å²) in [5, 5.41) is 11.8. The molecule has 346 valence electrons. The number of fused-ring (bicyclic) bond motifs is 7. The van der Waals surface area contributed by atoms with Crippen molar-refractivity contribution in [2.75, 3.05) is 10.2 Å². The minimum absolute atomic E-state index is 0. The van der Waals surface area contributed by atoms with Gasteiger partial charge in [-0.3, -0.25) is 7.05 Å². The predicted octanol–water partition coefficient (Wildman–Crippen LogP) is 13.5. The number of hydrogen-bond acceptors (Lipinski definition) is 4. The van der Waals surface area contributed by atoms with Crippen molar-refractivity contribution < 1.29 is 25.8 Å². The molecule has 2 aliphatic rings. The first-order valence-corrected chi connectivity index (χ1v) is 25.9. The van der Waals surface area contributed by atoms with Crippen molar-refractivity contribution in [1.29, 1.82) is 0 Å². The Hall–Kier alpha value is -7.76. The molecular formula is C64H47N4OPtSi-3. The Balaban J connectivity index is 0.00000517. The largest absolute Gasteiger partial charge is 0.509 e. The minimum Gasteiger partial charge on any atom is -0.509 e. The fraction of sp³-hybridized carbons (Fsp3) is 0.0625. The molecular weight excluding hydrogens is 1060 g/mol. The molecule has 2 aliphatic heterocycles. The maximum atomic E-state index is 7.03. The van der Waals surface area contributed by atoms with Crippen molar-refractivity contribution in [1.82, 2.24) is 9.55 Å². The first kappa shape index (κ1) is 44.4. The molecule has 0 atom stereocenters. The monoisotopic (exact) mass is 1110 g/mol. The molecule has 0 unspecified atom stereocenters. The van der Waals surface area contributed by atoms with Gasteiger partial charge in [-0.15, -0.1) is 40.9 Å². The van der Waals surface area contributed by atoms with Crippen molar-refractivity contribution in [2.45, 2.75) is 26.2 Å². The summed E-state index contributed by atoms with van der Waals surface area (Å²) in [6.07, 6.45) is 1.94. The fourth-order valence-electron chi connectivity index (χ4n) is 11.3. The van der Waals surface area contributed by atoms with Gasteiger partial charge in [0.05, 0.1) is 5.69 Å². The van der Waals surface area contributed by atoms with Crippen LogP contribution in [0, 0.1) is 19.2 Å². The number of nitrogens with zero attached hydrogens (tertiary/aromatic N) is 3. The number of aromatic nitrogens is 2. The van der Waals surface area contributed by atoms with Gasteiger partial charge in [-0.25, -0.2) is 4.98 Å². The SMILES string of the molecule is [CH2-]N(c1ccccc1Nc1[c-]c(Oc2[c-]c3c4c(c2)[Si]2(c5ccccc5-c5ccccc52)c2cccc(c24)n3-c2cc(C(C)(C)C)ccn2)ccc1)c1c(-c2ccccc2)cccc1-c1ccccc1.[Pt]. The van der Waals surface area contributed by atoms with Crippen LogP contribution >= 0.6 is 0 Å². The molecule has 1 N–H and O–H groups in total. The molecule has 9 aromatic carbocycles. The van der Waals surface area contributed by atoms with Gasteiger partial charge in [0, 0.05) is 66.8 Å². The van der Waals surface area contributed by atoms with Gasteiger partial charge in [0.1, 0.15) is 5.82 Å². The van der Waals surface area contributed by atoms with Gasteiger partial charge in [0.15, 0.2) is 8.07 Å². The maximum absolute atomic E-state index is 7.03. The van der Waals surface area contributed by atoms with Crippen LogP contribution in [0.25, 0.3) is 61.0 Å². The topological polar surface area (TPSA) is 42.3 Å². The van der Waals surface area contributed by atoms with Crippen molar-refractivity contribution in [3.63, 3.8) is 0 Å². The second kappa shape index (κ2) is 17.3. The van der Waals surface area contributed by atoms with E-state index in [4.69, 9.17) is 16.8 Å². The zero-order valence-electron chi connectivity index (χ0n) is 39.5. The number of benzene rings is 9. The second-order valence-corrected chi connectivity index (χ2v) is 23.0. The summed E-state index contributed by atoms with van der Waals surface area (Å²) in [5.41, 5.74) is 13.9. The van der Waals surface area contributed by atoms with E-state index < -0.39 is 8.07 Å². The molecule has 1 spiro atoms. The van der Waals surface area contributed by atoms with E-state index in [9.17, 15) is 0 Å². The van der Waals surface area contributed by atoms with Gasteiger partial charge >= 0.3 is 0 Å². The van der Waals surface area contributed by atoms with Crippen molar-refractivity contribution in [2.24, 2.45) is 0 Å². The van der Waals surface area contributed by atoms with Gasteiger partial charge in [0.2, 0.25) is 0 Å². The van der Waals surface area contributed by atoms with Crippen LogP contribution in [-0.4, -0.2) is 17.6 Å². The van der Waals surface area contributed by atoms with Crippen LogP contribution in [0.5, 0.6) is 11.5 Å². The Morgan fingerprint density at radius 3 is 1.85 bits per heavy atom. The maximum Gasteiger partial charge on any atom is 0.157 e. The van der Waals surface area contributed by atoms with Gasteiger partial charge in [-0.1, -0.05) is 184 Å². The Morgan fingerprint density at radius 2 is 1.15 bits per heavy atom. The predicted molar refractivity (Wildman–Crippen MR) is 292 cm³/mol. The van der Waals surface area contributed by atoms with Crippen molar-refractivity contribution in [3.05, 3.63) is 237 Å². The molecule has 11 aromatic rings. The van der Waals surface area contributed by atoms with E-state index in [0.29, 0.717) is 11.5 Å². The van der Waals surface area contributed by atoms with E-state index in [-0.39, 0.29) is 26.5 Å². The van der Waals surface area contributed by atoms with Crippen molar-refractivity contribution in [3.8, 4) is 50.7 Å². The summed E-state index contributed by atoms with van der Waals surface area (Å²) in [6.45, 7) is 6.75. The van der Waals surface area contributed by atoms with Gasteiger partial charge < -0.3 is 19.5 Å². The third-order valence-corrected chi connectivity index (χ3v) is 19.2. The third kappa shape index (κ3) is 7.03. The number of anilines is 4. The number of para-hydroxylation sites is 3.